The number of ether oxygens (including phenoxy) is 1. The number of methoxy groups -OCH3 is 1. The van der Waals surface area contributed by atoms with Gasteiger partial charge in [-0.05, 0) is 37.8 Å². The van der Waals surface area contributed by atoms with E-state index in [9.17, 15) is 14.4 Å². The number of fused-ring (bicyclic) bond motifs is 1. The maximum Gasteiger partial charge on any atom is 0.274 e. The molecule has 3 atom stereocenters. The predicted molar refractivity (Wildman–Crippen MR) is 149 cm³/mol. The van der Waals surface area contributed by atoms with Gasteiger partial charge in [-0.3, -0.25) is 19.8 Å². The van der Waals surface area contributed by atoms with Crippen LogP contribution in [0.4, 0.5) is 0 Å². The lowest BCUT2D eigenvalue weighted by molar-refractivity contribution is -0.122. The van der Waals surface area contributed by atoms with Gasteiger partial charge in [0.15, 0.2) is 5.96 Å². The number of unbranched alkanes of at least 4 members (excludes halogenated alkanes) is 1. The average molecular weight is 571 g/mol. The van der Waals surface area contributed by atoms with Crippen molar-refractivity contribution >= 4 is 40.7 Å². The fraction of sp³-hybridized carbons (Fsp3) is 0.440. The molecule has 14 nitrogen and oxygen atoms in total. The van der Waals surface area contributed by atoms with Gasteiger partial charge in [0.1, 0.15) is 33.8 Å². The summed E-state index contributed by atoms with van der Waals surface area (Å²) in [6, 6.07) is 2.14. The number of carbonyl (C=O) groups excluding carboxylic acids is 3. The molecule has 3 aromatic heterocycles. The number of likely N-dealkylation sites (N-methyl/N-ethyl adjacent to an activating group) is 1. The Balaban J connectivity index is 1.44. The third-order valence-electron chi connectivity index (χ3n) is 6.62. The Kier molecular flexibility index (Phi) is 9.16. The molecule has 0 aromatic carbocycles. The molecule has 0 saturated carbocycles. The number of nitrogens with zero attached hydrogens (tertiary/aromatic N) is 4. The zero-order chi connectivity index (χ0) is 28.8. The Bertz CT molecular complexity index is 1390. The minimum Gasteiger partial charge on any atom is -0.495 e. The van der Waals surface area contributed by atoms with E-state index in [1.54, 1.807) is 46.3 Å². The van der Waals surface area contributed by atoms with Crippen LogP contribution in [-0.4, -0.2) is 82.3 Å². The summed E-state index contributed by atoms with van der Waals surface area (Å²) in [5.74, 6) is -0.541. The van der Waals surface area contributed by atoms with E-state index >= 15 is 0 Å². The molecule has 3 aromatic rings. The van der Waals surface area contributed by atoms with Gasteiger partial charge in [-0.25, -0.2) is 9.97 Å². The topological polar surface area (TPSA) is 206 Å². The van der Waals surface area contributed by atoms with E-state index < -0.39 is 18.0 Å². The minimum absolute atomic E-state index is 0.113. The molecule has 4 heterocycles. The van der Waals surface area contributed by atoms with Crippen LogP contribution in [-0.2, 0) is 4.79 Å². The molecule has 0 spiro atoms. The summed E-state index contributed by atoms with van der Waals surface area (Å²) >= 11 is 1.27. The van der Waals surface area contributed by atoms with Gasteiger partial charge in [-0.15, -0.1) is 11.3 Å². The van der Waals surface area contributed by atoms with E-state index in [4.69, 9.17) is 21.6 Å². The molecule has 0 radical (unpaired) electrons. The summed E-state index contributed by atoms with van der Waals surface area (Å²) in [6.07, 6.45) is 5.61. The summed E-state index contributed by atoms with van der Waals surface area (Å²) in [5.41, 5.74) is 12.6. The third-order valence-corrected chi connectivity index (χ3v) is 7.56. The molecule has 8 N–H and O–H groups in total. The maximum absolute atomic E-state index is 13.5. The van der Waals surface area contributed by atoms with Crippen LogP contribution in [0.15, 0.2) is 29.9 Å². The number of guanidine groups is 1. The highest BCUT2D eigenvalue weighted by molar-refractivity contribution is 7.09. The van der Waals surface area contributed by atoms with E-state index in [0.717, 1.165) is 0 Å². The Labute approximate surface area is 235 Å². The van der Waals surface area contributed by atoms with Gasteiger partial charge >= 0.3 is 0 Å². The molecule has 1 aliphatic rings. The fourth-order valence-corrected chi connectivity index (χ4v) is 5.51. The number of amides is 3. The first kappa shape index (κ1) is 28.8. The average Bonchev–Trinajstić information content (AvgIpc) is 3.68. The molecular formula is C25H34N10O4S. The SMILES string of the molecule is CNC(=O)[C@H](CCCCNC(=N)N)NC(=O)c1csc([C@@H]2C[C@@H](N)CN2C(=O)c2cn3cc(OC)ccc3n2)n1. The summed E-state index contributed by atoms with van der Waals surface area (Å²) in [6.45, 7) is 0.833. The number of aromatic nitrogens is 3. The number of pyridine rings is 1. The first-order valence-electron chi connectivity index (χ1n) is 12.8. The number of hydrogen-bond acceptors (Lipinski definition) is 9. The zero-order valence-electron chi connectivity index (χ0n) is 22.3. The van der Waals surface area contributed by atoms with E-state index in [-0.39, 0.29) is 35.2 Å². The minimum atomic E-state index is -0.744. The second-order valence-corrected chi connectivity index (χ2v) is 10.4. The molecule has 3 amide bonds. The number of carbonyl (C=O) groups is 3. The van der Waals surface area contributed by atoms with Crippen molar-refractivity contribution in [1.29, 1.82) is 5.41 Å². The zero-order valence-corrected chi connectivity index (χ0v) is 23.2. The van der Waals surface area contributed by atoms with Crippen LogP contribution in [0, 0.1) is 5.41 Å². The number of likely N-dealkylation sites (tertiary alicyclic amines) is 1. The standard InChI is InChI=1S/C25H34N10O4S/c1-29-21(36)16(5-3-4-8-30-25(27)28)32-22(37)18-13-40-23(33-18)19-9-14(26)10-35(19)24(38)17-12-34-11-15(39-2)6-7-20(34)31-17/h6-7,11-14,16,19H,3-5,8-10,26H2,1-2H3,(H,29,36)(H,32,37)(H4,27,28,30)/t14-,16+,19+/m1/s1. The molecule has 15 heteroatoms. The molecule has 4 rings (SSSR count). The Morgan fingerprint density at radius 2 is 2.02 bits per heavy atom. The van der Waals surface area contributed by atoms with Gasteiger partial charge in [-0.1, -0.05) is 0 Å². The van der Waals surface area contributed by atoms with Gasteiger partial charge in [0.2, 0.25) is 5.91 Å². The lowest BCUT2D eigenvalue weighted by Gasteiger charge is -2.22. The van der Waals surface area contributed by atoms with Gasteiger partial charge in [0.25, 0.3) is 11.8 Å². The van der Waals surface area contributed by atoms with Gasteiger partial charge in [0, 0.05) is 37.8 Å². The lowest BCUT2D eigenvalue weighted by Crippen LogP contribution is -2.45. The van der Waals surface area contributed by atoms with Gasteiger partial charge in [-0.2, -0.15) is 0 Å². The molecule has 1 aliphatic heterocycles. The summed E-state index contributed by atoms with van der Waals surface area (Å²) in [7, 11) is 3.08. The number of nitrogens with two attached hydrogens (primary N) is 2. The van der Waals surface area contributed by atoms with E-state index in [0.29, 0.717) is 55.2 Å². The van der Waals surface area contributed by atoms with Gasteiger partial charge in [0.05, 0.1) is 19.3 Å². The van der Waals surface area contributed by atoms with Crippen molar-refractivity contribution in [3.63, 3.8) is 0 Å². The molecule has 214 valence electrons. The number of thiazole rings is 1. The van der Waals surface area contributed by atoms with Crippen molar-refractivity contribution in [2.24, 2.45) is 11.5 Å². The highest BCUT2D eigenvalue weighted by atomic mass is 32.1. The highest BCUT2D eigenvalue weighted by Gasteiger charge is 2.38. The molecule has 0 aliphatic carbocycles. The van der Waals surface area contributed by atoms with E-state index in [1.807, 2.05) is 0 Å². The Hall–Kier alpha value is -4.24. The fourth-order valence-electron chi connectivity index (χ4n) is 4.59. The number of hydrogen-bond donors (Lipinski definition) is 6. The van der Waals surface area contributed by atoms with Crippen LogP contribution in [0.3, 0.4) is 0 Å². The number of nitrogens with one attached hydrogen (secondary N) is 4. The van der Waals surface area contributed by atoms with Crippen molar-refractivity contribution in [3.05, 3.63) is 46.3 Å². The van der Waals surface area contributed by atoms with Crippen LogP contribution in [0.1, 0.15) is 57.7 Å². The smallest absolute Gasteiger partial charge is 0.274 e. The maximum atomic E-state index is 13.5. The van der Waals surface area contributed by atoms with Crippen molar-refractivity contribution in [2.75, 3.05) is 27.2 Å². The quantitative estimate of drug-likeness (QED) is 0.106. The molecule has 40 heavy (non-hydrogen) atoms. The largest absolute Gasteiger partial charge is 0.495 e. The molecule has 1 fully saturated rings. The summed E-state index contributed by atoms with van der Waals surface area (Å²) in [4.78, 5) is 49.5. The monoisotopic (exact) mass is 570 g/mol. The van der Waals surface area contributed by atoms with Gasteiger partial charge < -0.3 is 41.5 Å². The lowest BCUT2D eigenvalue weighted by atomic mass is 10.1. The van der Waals surface area contributed by atoms with Crippen molar-refractivity contribution in [1.82, 2.24) is 35.2 Å². The molecule has 1 saturated heterocycles. The first-order valence-corrected chi connectivity index (χ1v) is 13.7. The van der Waals surface area contributed by atoms with Crippen LogP contribution in [0.25, 0.3) is 5.65 Å². The summed E-state index contributed by atoms with van der Waals surface area (Å²) in [5, 5.41) is 17.4. The summed E-state index contributed by atoms with van der Waals surface area (Å²) < 4.78 is 6.97. The van der Waals surface area contributed by atoms with E-state index in [1.165, 1.54) is 18.4 Å². The number of imidazole rings is 1. The second kappa shape index (κ2) is 12.7. The predicted octanol–water partition coefficient (Wildman–Crippen LogP) is 0.212. The van der Waals surface area contributed by atoms with Crippen molar-refractivity contribution in [3.8, 4) is 5.75 Å². The molecule has 0 unspecified atom stereocenters. The van der Waals surface area contributed by atoms with Crippen LogP contribution in [0.5, 0.6) is 5.75 Å². The van der Waals surface area contributed by atoms with Crippen LogP contribution >= 0.6 is 11.3 Å². The highest BCUT2D eigenvalue weighted by Crippen LogP contribution is 2.34. The van der Waals surface area contributed by atoms with Crippen LogP contribution < -0.4 is 32.2 Å². The number of rotatable bonds is 11. The van der Waals surface area contributed by atoms with Crippen molar-refractivity contribution < 1.29 is 19.1 Å². The molecule has 0 bridgehead atoms. The van der Waals surface area contributed by atoms with Crippen LogP contribution in [0.2, 0.25) is 0 Å². The Morgan fingerprint density at radius 1 is 1.23 bits per heavy atom. The second-order valence-electron chi connectivity index (χ2n) is 9.48. The Morgan fingerprint density at radius 3 is 2.75 bits per heavy atom. The van der Waals surface area contributed by atoms with Crippen molar-refractivity contribution in [2.45, 2.75) is 43.8 Å². The normalized spacial score (nSPS) is 17.4. The van der Waals surface area contributed by atoms with E-state index in [2.05, 4.69) is 25.9 Å². The molecular weight excluding hydrogens is 536 g/mol. The first-order chi connectivity index (χ1) is 19.2. The third kappa shape index (κ3) is 6.66.